The first-order valence-corrected chi connectivity index (χ1v) is 13.7. The number of hydrogen-bond donors (Lipinski definition) is 2. The Kier molecular flexibility index (Phi) is 19.5. The van der Waals surface area contributed by atoms with E-state index in [-0.39, 0.29) is 44.8 Å². The maximum atomic E-state index is 9.37. The minimum atomic E-state index is 0. The van der Waals surface area contributed by atoms with Crippen LogP contribution in [0.25, 0.3) is 0 Å². The zero-order valence-electron chi connectivity index (χ0n) is 26.7. The quantitative estimate of drug-likeness (QED) is 0.0814. The Morgan fingerprint density at radius 2 is 0.800 bits per heavy atom. The second-order valence-corrected chi connectivity index (χ2v) is 9.96. The summed E-state index contributed by atoms with van der Waals surface area (Å²) in [5.74, 6) is 1.47. The monoisotopic (exact) mass is 650 g/mol. The first kappa shape index (κ1) is 40.2. The van der Waals surface area contributed by atoms with E-state index < -0.39 is 0 Å². The Balaban J connectivity index is 0.000000571. The van der Waals surface area contributed by atoms with Gasteiger partial charge in [-0.25, -0.2) is 0 Å². The van der Waals surface area contributed by atoms with Gasteiger partial charge in [0.2, 0.25) is 0 Å². The molecule has 4 rings (SSSR count). The van der Waals surface area contributed by atoms with Crippen LogP contribution in [0.3, 0.4) is 0 Å². The molecular formula is C36H46N2O6Ti+4. The molecule has 0 radical (unpaired) electrons. The number of ketones is 2. The maximum absolute atomic E-state index is 9.37. The van der Waals surface area contributed by atoms with Gasteiger partial charge in [-0.1, -0.05) is 36.4 Å². The standard InChI is InChI=1S/2C10H10O2.2C8H11NO.Ti/c2*1-8(11)7-10(12)9-5-3-2-4-6-9;2*1-9(2)7-3-5-8(10)6-4-7;/h2*2-7,11H,1H3;2*3-6,10H,1-2H3;/p+4/b2*8-7-;;;. The van der Waals surface area contributed by atoms with Crippen molar-refractivity contribution in [2.45, 2.75) is 13.8 Å². The molecule has 8 N–H and O–H groups in total. The van der Waals surface area contributed by atoms with E-state index in [1.807, 2.05) is 98.7 Å². The summed E-state index contributed by atoms with van der Waals surface area (Å²) in [5.41, 5.74) is 3.67. The Hall–Kier alpha value is -4.79. The number of carbonyl (C=O) groups excluding carboxylic acids is 2. The molecular weight excluding hydrogens is 604 g/mol. The summed E-state index contributed by atoms with van der Waals surface area (Å²) >= 11 is 0. The van der Waals surface area contributed by atoms with Crippen molar-refractivity contribution in [3.63, 3.8) is 0 Å². The minimum Gasteiger partial charge on any atom is -0.593 e. The largest absolute Gasteiger partial charge is 0.593 e. The van der Waals surface area contributed by atoms with Crippen molar-refractivity contribution in [1.82, 2.24) is 0 Å². The molecule has 0 bridgehead atoms. The van der Waals surface area contributed by atoms with Crippen LogP contribution < -0.4 is 9.80 Å². The minimum absolute atomic E-state index is 0. The number of anilines is 2. The molecule has 0 spiro atoms. The third-order valence-electron chi connectivity index (χ3n) is 5.60. The summed E-state index contributed by atoms with van der Waals surface area (Å²) in [7, 11) is 7.94. The SMILES string of the molecule is C/C(O)=C/C(=[OH+])c1ccccc1.C/C(O)=C/C(=[OH+])c1ccccc1.CN(C)c1ccc([OH2+])cc1.CN(C)c1ccc([OH2+])cc1.[Ti]. The summed E-state index contributed by atoms with van der Waals surface area (Å²) in [6.45, 7) is 3.03. The van der Waals surface area contributed by atoms with Crippen LogP contribution in [-0.2, 0) is 21.7 Å². The van der Waals surface area contributed by atoms with Gasteiger partial charge in [0, 0.05) is 85.5 Å². The van der Waals surface area contributed by atoms with Gasteiger partial charge in [-0.2, -0.15) is 0 Å². The smallest absolute Gasteiger partial charge is 0.350 e. The molecule has 0 atom stereocenters. The summed E-state index contributed by atoms with van der Waals surface area (Å²) < 4.78 is 0. The van der Waals surface area contributed by atoms with Gasteiger partial charge in [-0.3, -0.25) is 9.59 Å². The molecule has 0 aliphatic heterocycles. The molecule has 0 fully saturated rings. The molecule has 236 valence electrons. The van der Waals surface area contributed by atoms with Crippen LogP contribution in [0, 0.1) is 0 Å². The van der Waals surface area contributed by atoms with Crippen LogP contribution in [-0.4, -0.2) is 69.8 Å². The first-order chi connectivity index (χ1) is 20.8. The van der Waals surface area contributed by atoms with Crippen LogP contribution in [0.1, 0.15) is 25.0 Å². The molecule has 0 amide bonds. The van der Waals surface area contributed by atoms with E-state index in [0.29, 0.717) is 22.6 Å². The van der Waals surface area contributed by atoms with Crippen molar-refractivity contribution in [3.05, 3.63) is 144 Å². The molecule has 8 nitrogen and oxygen atoms in total. The summed E-state index contributed by atoms with van der Waals surface area (Å²) in [4.78, 5) is 22.8. The van der Waals surface area contributed by atoms with Gasteiger partial charge in [0.25, 0.3) is 11.5 Å². The topological polar surface area (TPSA) is 136 Å². The Morgan fingerprint density at radius 3 is 1.02 bits per heavy atom. The van der Waals surface area contributed by atoms with Crippen LogP contribution in [0.2, 0.25) is 0 Å². The number of nitrogens with zero attached hydrogens (tertiary/aromatic N) is 2. The van der Waals surface area contributed by atoms with E-state index in [2.05, 4.69) is 0 Å². The Labute approximate surface area is 281 Å². The molecule has 4 aromatic carbocycles. The predicted octanol–water partition coefficient (Wildman–Crippen LogP) is 6.46. The fraction of sp³-hybridized carbons (Fsp3) is 0.167. The molecule has 0 saturated heterocycles. The zero-order chi connectivity index (χ0) is 33.1. The maximum Gasteiger partial charge on any atom is 0.350 e. The predicted molar refractivity (Wildman–Crippen MR) is 185 cm³/mol. The number of aliphatic hydroxyl groups excluding tert-OH is 2. The first-order valence-electron chi connectivity index (χ1n) is 13.7. The molecule has 45 heavy (non-hydrogen) atoms. The fourth-order valence-electron chi connectivity index (χ4n) is 3.30. The second-order valence-electron chi connectivity index (χ2n) is 9.96. The van der Waals surface area contributed by atoms with Gasteiger partial charge < -0.3 is 30.2 Å². The Bertz CT molecular complexity index is 1350. The van der Waals surface area contributed by atoms with E-state index in [1.165, 1.54) is 26.0 Å². The third-order valence-corrected chi connectivity index (χ3v) is 5.60. The molecule has 0 unspecified atom stereocenters. The molecule has 0 saturated carbocycles. The van der Waals surface area contributed by atoms with E-state index in [1.54, 1.807) is 48.5 Å². The van der Waals surface area contributed by atoms with Crippen molar-refractivity contribution >= 4 is 22.9 Å². The number of rotatable bonds is 6. The van der Waals surface area contributed by atoms with Crippen molar-refractivity contribution < 1.29 is 51.7 Å². The van der Waals surface area contributed by atoms with Crippen LogP contribution >= 0.6 is 0 Å². The fourth-order valence-corrected chi connectivity index (χ4v) is 3.30. The van der Waals surface area contributed by atoms with Gasteiger partial charge in [0.1, 0.15) is 0 Å². The average molecular weight is 651 g/mol. The zero-order valence-corrected chi connectivity index (χ0v) is 28.3. The summed E-state index contributed by atoms with van der Waals surface area (Å²) in [6.07, 6.45) is 2.63. The van der Waals surface area contributed by atoms with Gasteiger partial charge in [0.05, 0.1) is 34.8 Å². The average Bonchev–Trinajstić information content (AvgIpc) is 2.99. The summed E-state index contributed by atoms with van der Waals surface area (Å²) in [5, 5.41) is 32.2. The number of hydrogen-bond acceptors (Lipinski definition) is 4. The van der Waals surface area contributed by atoms with Crippen LogP contribution in [0.5, 0.6) is 11.5 Å². The van der Waals surface area contributed by atoms with E-state index in [0.717, 1.165) is 11.4 Å². The van der Waals surface area contributed by atoms with Gasteiger partial charge in [-0.05, 0) is 62.4 Å². The van der Waals surface area contributed by atoms with Crippen LogP contribution in [0.4, 0.5) is 11.4 Å². The third kappa shape index (κ3) is 17.8. The number of aliphatic hydroxyl groups is 2. The Morgan fingerprint density at radius 1 is 0.533 bits per heavy atom. The molecule has 0 heterocycles. The van der Waals surface area contributed by atoms with Crippen molar-refractivity contribution in [1.29, 1.82) is 0 Å². The van der Waals surface area contributed by atoms with E-state index >= 15 is 0 Å². The normalized spacial score (nSPS) is 10.2. The van der Waals surface area contributed by atoms with Crippen molar-refractivity contribution in [2.24, 2.45) is 0 Å². The van der Waals surface area contributed by atoms with Gasteiger partial charge in [-0.15, -0.1) is 0 Å². The van der Waals surface area contributed by atoms with Crippen molar-refractivity contribution in [2.75, 3.05) is 38.0 Å². The van der Waals surface area contributed by atoms with Crippen LogP contribution in [0.15, 0.2) is 133 Å². The number of allylic oxidation sites excluding steroid dienone is 4. The molecule has 4 aromatic rings. The van der Waals surface area contributed by atoms with Gasteiger partial charge in [0.15, 0.2) is 0 Å². The van der Waals surface area contributed by atoms with Gasteiger partial charge >= 0.3 is 11.6 Å². The van der Waals surface area contributed by atoms with E-state index in [4.69, 9.17) is 20.4 Å². The van der Waals surface area contributed by atoms with Crippen molar-refractivity contribution in [3.8, 4) is 11.5 Å². The second kappa shape index (κ2) is 21.8. The molecule has 0 aliphatic carbocycles. The molecule has 9 heteroatoms. The van der Waals surface area contributed by atoms with E-state index in [9.17, 15) is 9.59 Å². The molecule has 0 aromatic heterocycles. The molecule has 0 aliphatic rings. The summed E-state index contributed by atoms with van der Waals surface area (Å²) in [6, 6.07) is 33.0. The number of benzene rings is 4.